The number of nitrogens with one attached hydrogen (secondary N) is 1. The van der Waals surface area contributed by atoms with E-state index in [0.717, 1.165) is 36.7 Å². The van der Waals surface area contributed by atoms with Gasteiger partial charge in [0.15, 0.2) is 5.82 Å². The van der Waals surface area contributed by atoms with Crippen molar-refractivity contribution in [3.63, 3.8) is 0 Å². The van der Waals surface area contributed by atoms with E-state index in [1.165, 1.54) is 10.7 Å². The lowest BCUT2D eigenvalue weighted by Crippen LogP contribution is -2.36. The average Bonchev–Trinajstić information content (AvgIpc) is 3.26. The Morgan fingerprint density at radius 3 is 2.61 bits per heavy atom. The molecule has 3 aromatic rings. The Morgan fingerprint density at radius 1 is 1.11 bits per heavy atom. The molecule has 1 aliphatic rings. The van der Waals surface area contributed by atoms with E-state index in [-0.39, 0.29) is 18.0 Å². The molecule has 2 aromatic heterocycles. The molecule has 3 heterocycles. The Bertz CT molecular complexity index is 991. The van der Waals surface area contributed by atoms with Gasteiger partial charge in [0.2, 0.25) is 5.91 Å². The molecule has 0 spiro atoms. The van der Waals surface area contributed by atoms with Crippen molar-refractivity contribution < 1.29 is 9.53 Å². The normalized spacial score (nSPS) is 14.1. The topological polar surface area (TPSA) is 94.3 Å². The lowest BCUT2D eigenvalue weighted by Gasteiger charge is -2.28. The van der Waals surface area contributed by atoms with Crippen molar-refractivity contribution in [3.05, 3.63) is 65.2 Å². The second-order valence-corrected chi connectivity index (χ2v) is 6.33. The number of nitrogens with zero attached hydrogens (tertiary/aromatic N) is 5. The minimum atomic E-state index is -0.353. The molecule has 28 heavy (non-hydrogen) atoms. The molecule has 0 radical (unpaired) electrons. The molecule has 1 aliphatic heterocycles. The highest BCUT2D eigenvalue weighted by molar-refractivity contribution is 5.90. The molecule has 1 saturated heterocycles. The first kappa shape index (κ1) is 17.9. The van der Waals surface area contributed by atoms with E-state index < -0.39 is 0 Å². The van der Waals surface area contributed by atoms with Crippen LogP contribution in [0.4, 0.5) is 11.4 Å². The number of hydrogen-bond donors (Lipinski definition) is 1. The third-order valence-electron chi connectivity index (χ3n) is 4.41. The molecule has 1 fully saturated rings. The van der Waals surface area contributed by atoms with Gasteiger partial charge in [-0.15, -0.1) is 5.10 Å². The molecule has 4 rings (SSSR count). The summed E-state index contributed by atoms with van der Waals surface area (Å²) in [5.74, 6) is 0.138. The first-order valence-corrected chi connectivity index (χ1v) is 9.00. The number of aromatic nitrogens is 4. The number of ether oxygens (including phenoxy) is 1. The Morgan fingerprint density at radius 2 is 1.89 bits per heavy atom. The number of hydrogen-bond acceptors (Lipinski definition) is 6. The van der Waals surface area contributed by atoms with Crippen LogP contribution in [0.25, 0.3) is 5.82 Å². The zero-order valence-corrected chi connectivity index (χ0v) is 15.2. The van der Waals surface area contributed by atoms with Gasteiger partial charge >= 0.3 is 0 Å². The van der Waals surface area contributed by atoms with Gasteiger partial charge in [0, 0.05) is 42.9 Å². The average molecular weight is 380 g/mol. The van der Waals surface area contributed by atoms with Gasteiger partial charge in [-0.25, -0.2) is 9.36 Å². The summed E-state index contributed by atoms with van der Waals surface area (Å²) in [5.41, 5.74) is 1.40. The van der Waals surface area contributed by atoms with Gasteiger partial charge in [0.05, 0.1) is 13.2 Å². The van der Waals surface area contributed by atoms with Gasteiger partial charge in [-0.2, -0.15) is 5.10 Å². The van der Waals surface area contributed by atoms with Gasteiger partial charge in [-0.3, -0.25) is 9.59 Å². The van der Waals surface area contributed by atoms with Crippen LogP contribution < -0.4 is 15.8 Å². The van der Waals surface area contributed by atoms with Crippen LogP contribution in [-0.4, -0.2) is 51.8 Å². The molecule has 0 atom stereocenters. The van der Waals surface area contributed by atoms with Gasteiger partial charge in [0.25, 0.3) is 5.56 Å². The van der Waals surface area contributed by atoms with Crippen molar-refractivity contribution in [2.75, 3.05) is 36.5 Å². The molecule has 1 amide bonds. The van der Waals surface area contributed by atoms with Gasteiger partial charge in [0.1, 0.15) is 6.54 Å². The standard InChI is InChI=1S/C19H20N6O3/c26-18(14-25-19(27)7-6-17(22-25)24-9-1-8-20-24)21-15-2-4-16(5-3-15)23-10-12-28-13-11-23/h1-9H,10-14H2,(H,21,26). The largest absolute Gasteiger partial charge is 0.378 e. The summed E-state index contributed by atoms with van der Waals surface area (Å²) >= 11 is 0. The predicted molar refractivity (Wildman–Crippen MR) is 104 cm³/mol. The van der Waals surface area contributed by atoms with Crippen LogP contribution in [0.1, 0.15) is 0 Å². The lowest BCUT2D eigenvalue weighted by molar-refractivity contribution is -0.117. The first-order valence-electron chi connectivity index (χ1n) is 9.00. The van der Waals surface area contributed by atoms with E-state index in [2.05, 4.69) is 20.4 Å². The molecule has 0 aliphatic carbocycles. The maximum atomic E-state index is 12.4. The number of rotatable bonds is 5. The molecule has 0 unspecified atom stereocenters. The molecule has 1 N–H and O–H groups in total. The second kappa shape index (κ2) is 8.05. The minimum Gasteiger partial charge on any atom is -0.378 e. The van der Waals surface area contributed by atoms with Crippen LogP contribution in [-0.2, 0) is 16.1 Å². The Labute approximate surface area is 161 Å². The number of anilines is 2. The molecule has 0 saturated carbocycles. The van der Waals surface area contributed by atoms with E-state index in [9.17, 15) is 9.59 Å². The summed E-state index contributed by atoms with van der Waals surface area (Å²) in [6.07, 6.45) is 3.33. The summed E-state index contributed by atoms with van der Waals surface area (Å²) in [6.45, 7) is 2.97. The molecule has 0 bridgehead atoms. The first-order chi connectivity index (χ1) is 13.7. The maximum Gasteiger partial charge on any atom is 0.267 e. The number of morpholine rings is 1. The predicted octanol–water partition coefficient (Wildman–Crippen LogP) is 0.904. The fraction of sp³-hybridized carbons (Fsp3) is 0.263. The number of benzene rings is 1. The zero-order valence-electron chi connectivity index (χ0n) is 15.2. The van der Waals surface area contributed by atoms with E-state index in [1.54, 1.807) is 24.5 Å². The highest BCUT2D eigenvalue weighted by atomic mass is 16.5. The fourth-order valence-corrected chi connectivity index (χ4v) is 2.99. The SMILES string of the molecule is O=C(Cn1nc(-n2cccn2)ccc1=O)Nc1ccc(N2CCOCC2)cc1. The van der Waals surface area contributed by atoms with Crippen molar-refractivity contribution in [2.24, 2.45) is 0 Å². The van der Waals surface area contributed by atoms with Crippen LogP contribution in [0.2, 0.25) is 0 Å². The molecule has 9 heteroatoms. The third kappa shape index (κ3) is 4.09. The Balaban J connectivity index is 1.42. The molecule has 144 valence electrons. The highest BCUT2D eigenvalue weighted by Gasteiger charge is 2.12. The van der Waals surface area contributed by atoms with Crippen LogP contribution in [0, 0.1) is 0 Å². The highest BCUT2D eigenvalue weighted by Crippen LogP contribution is 2.19. The number of amides is 1. The molecule has 1 aromatic carbocycles. The minimum absolute atomic E-state index is 0.181. The van der Waals surface area contributed by atoms with Crippen LogP contribution in [0.3, 0.4) is 0 Å². The van der Waals surface area contributed by atoms with E-state index in [1.807, 2.05) is 24.3 Å². The fourth-order valence-electron chi connectivity index (χ4n) is 2.99. The van der Waals surface area contributed by atoms with Gasteiger partial charge in [-0.05, 0) is 36.4 Å². The summed E-state index contributed by atoms with van der Waals surface area (Å²) in [7, 11) is 0. The smallest absolute Gasteiger partial charge is 0.267 e. The molecular weight excluding hydrogens is 360 g/mol. The summed E-state index contributed by atoms with van der Waals surface area (Å²) in [6, 6.07) is 12.3. The lowest BCUT2D eigenvalue weighted by atomic mass is 10.2. The Hall–Kier alpha value is -3.46. The van der Waals surface area contributed by atoms with Gasteiger partial charge < -0.3 is 15.0 Å². The van der Waals surface area contributed by atoms with Crippen molar-refractivity contribution in [2.45, 2.75) is 6.54 Å². The van der Waals surface area contributed by atoms with Crippen molar-refractivity contribution >= 4 is 17.3 Å². The van der Waals surface area contributed by atoms with Crippen molar-refractivity contribution in [1.29, 1.82) is 0 Å². The van der Waals surface area contributed by atoms with Crippen LogP contribution >= 0.6 is 0 Å². The summed E-state index contributed by atoms with van der Waals surface area (Å²) in [4.78, 5) is 26.6. The summed E-state index contributed by atoms with van der Waals surface area (Å²) < 4.78 is 8.00. The maximum absolute atomic E-state index is 12.4. The van der Waals surface area contributed by atoms with E-state index in [0.29, 0.717) is 11.5 Å². The van der Waals surface area contributed by atoms with Crippen molar-refractivity contribution in [1.82, 2.24) is 19.6 Å². The summed E-state index contributed by atoms with van der Waals surface area (Å²) in [5, 5.41) is 11.1. The van der Waals surface area contributed by atoms with E-state index in [4.69, 9.17) is 4.74 Å². The van der Waals surface area contributed by atoms with E-state index >= 15 is 0 Å². The molecule has 9 nitrogen and oxygen atoms in total. The molecular formula is C19H20N6O3. The third-order valence-corrected chi connectivity index (χ3v) is 4.41. The zero-order chi connectivity index (χ0) is 19.3. The Kier molecular flexibility index (Phi) is 5.16. The number of carbonyl (C=O) groups excluding carboxylic acids is 1. The van der Waals surface area contributed by atoms with Crippen LogP contribution in [0.15, 0.2) is 59.7 Å². The monoisotopic (exact) mass is 380 g/mol. The van der Waals surface area contributed by atoms with Crippen molar-refractivity contribution in [3.8, 4) is 5.82 Å². The van der Waals surface area contributed by atoms with Gasteiger partial charge in [-0.1, -0.05) is 0 Å². The second-order valence-electron chi connectivity index (χ2n) is 6.33. The van der Waals surface area contributed by atoms with Crippen LogP contribution in [0.5, 0.6) is 0 Å². The quantitative estimate of drug-likeness (QED) is 0.707. The number of carbonyl (C=O) groups is 1.